The molecule has 0 aliphatic heterocycles. The van der Waals surface area contributed by atoms with Gasteiger partial charge in [-0.1, -0.05) is 13.8 Å². The number of hydrogen-bond donors (Lipinski definition) is 1. The highest BCUT2D eigenvalue weighted by atomic mass is 16.4. The molecule has 3 heteroatoms. The Balaban J connectivity index is 1.82. The van der Waals surface area contributed by atoms with E-state index in [1.54, 1.807) is 0 Å². The molecule has 0 bridgehead atoms. The SMILES string of the molecule is CN(CC1CCC(C)(C)CC1)C1(CC(=O)O)CC1. The molecule has 18 heavy (non-hydrogen) atoms. The van der Waals surface area contributed by atoms with Crippen LogP contribution in [-0.2, 0) is 4.79 Å². The molecule has 104 valence electrons. The van der Waals surface area contributed by atoms with Crippen molar-refractivity contribution in [2.24, 2.45) is 11.3 Å². The number of carboxylic acids is 1. The predicted octanol–water partition coefficient (Wildman–Crippen LogP) is 3.14. The zero-order valence-corrected chi connectivity index (χ0v) is 12.0. The van der Waals surface area contributed by atoms with Crippen LogP contribution >= 0.6 is 0 Å². The molecule has 0 aromatic heterocycles. The summed E-state index contributed by atoms with van der Waals surface area (Å²) in [5.41, 5.74) is 0.520. The number of rotatable bonds is 5. The molecule has 0 saturated heterocycles. The second-order valence-electron chi connectivity index (χ2n) is 7.28. The molecule has 2 aliphatic carbocycles. The number of nitrogens with zero attached hydrogens (tertiary/aromatic N) is 1. The maximum atomic E-state index is 10.9. The summed E-state index contributed by atoms with van der Waals surface area (Å²) in [6.45, 7) is 5.81. The van der Waals surface area contributed by atoms with Crippen LogP contribution in [0.5, 0.6) is 0 Å². The van der Waals surface area contributed by atoms with Crippen molar-refractivity contribution in [3.63, 3.8) is 0 Å². The third kappa shape index (κ3) is 3.25. The number of carboxylic acid groups (broad SMARTS) is 1. The molecule has 0 atom stereocenters. The third-order valence-corrected chi connectivity index (χ3v) is 5.11. The van der Waals surface area contributed by atoms with Crippen LogP contribution < -0.4 is 0 Å². The van der Waals surface area contributed by atoms with E-state index in [9.17, 15) is 4.79 Å². The minimum Gasteiger partial charge on any atom is -0.481 e. The summed E-state index contributed by atoms with van der Waals surface area (Å²) in [5, 5.41) is 8.99. The minimum absolute atomic E-state index is 0.00119. The Hall–Kier alpha value is -0.570. The van der Waals surface area contributed by atoms with E-state index in [1.165, 1.54) is 25.7 Å². The molecule has 0 heterocycles. The summed E-state index contributed by atoms with van der Waals surface area (Å²) in [5.74, 6) is 0.124. The van der Waals surface area contributed by atoms with Crippen LogP contribution in [0.3, 0.4) is 0 Å². The number of hydrogen-bond acceptors (Lipinski definition) is 2. The van der Waals surface area contributed by atoms with Crippen LogP contribution in [0, 0.1) is 11.3 Å². The smallest absolute Gasteiger partial charge is 0.305 e. The average Bonchev–Trinajstić information content (AvgIpc) is 3.01. The van der Waals surface area contributed by atoms with Gasteiger partial charge in [-0.15, -0.1) is 0 Å². The van der Waals surface area contributed by atoms with Crippen molar-refractivity contribution in [3.8, 4) is 0 Å². The molecule has 2 aliphatic rings. The molecule has 0 aromatic rings. The molecule has 0 spiro atoms. The Morgan fingerprint density at radius 3 is 2.22 bits per heavy atom. The van der Waals surface area contributed by atoms with Gasteiger partial charge in [0.05, 0.1) is 6.42 Å². The van der Waals surface area contributed by atoms with Crippen LogP contribution in [0.15, 0.2) is 0 Å². The normalized spacial score (nSPS) is 26.2. The van der Waals surface area contributed by atoms with Crippen LogP contribution in [0.1, 0.15) is 58.8 Å². The zero-order chi connectivity index (χ0) is 13.4. The van der Waals surface area contributed by atoms with Gasteiger partial charge in [0, 0.05) is 12.1 Å². The van der Waals surface area contributed by atoms with Gasteiger partial charge in [0.25, 0.3) is 0 Å². The Bertz CT molecular complexity index is 310. The van der Waals surface area contributed by atoms with E-state index in [4.69, 9.17) is 5.11 Å². The first-order valence-corrected chi connectivity index (χ1v) is 7.26. The van der Waals surface area contributed by atoms with E-state index in [2.05, 4.69) is 25.8 Å². The Morgan fingerprint density at radius 2 is 1.78 bits per heavy atom. The van der Waals surface area contributed by atoms with E-state index >= 15 is 0 Å². The van der Waals surface area contributed by atoms with Crippen LogP contribution in [0.4, 0.5) is 0 Å². The van der Waals surface area contributed by atoms with Gasteiger partial charge in [0.15, 0.2) is 0 Å². The third-order valence-electron chi connectivity index (χ3n) is 5.11. The van der Waals surface area contributed by atoms with Crippen molar-refractivity contribution in [2.75, 3.05) is 13.6 Å². The topological polar surface area (TPSA) is 40.5 Å². The van der Waals surface area contributed by atoms with Crippen LogP contribution in [-0.4, -0.2) is 35.1 Å². The fourth-order valence-corrected chi connectivity index (χ4v) is 3.34. The lowest BCUT2D eigenvalue weighted by Gasteiger charge is -2.37. The van der Waals surface area contributed by atoms with Crippen LogP contribution in [0.2, 0.25) is 0 Å². The molecule has 2 saturated carbocycles. The van der Waals surface area contributed by atoms with Gasteiger partial charge in [-0.05, 0) is 56.9 Å². The molecule has 3 nitrogen and oxygen atoms in total. The summed E-state index contributed by atoms with van der Waals surface area (Å²) in [6.07, 6.45) is 7.69. The monoisotopic (exact) mass is 253 g/mol. The number of carbonyl (C=O) groups is 1. The van der Waals surface area contributed by atoms with Gasteiger partial charge in [0.1, 0.15) is 0 Å². The quantitative estimate of drug-likeness (QED) is 0.818. The lowest BCUT2D eigenvalue weighted by molar-refractivity contribution is -0.138. The van der Waals surface area contributed by atoms with E-state index in [-0.39, 0.29) is 5.54 Å². The molecule has 0 amide bonds. The molecule has 2 fully saturated rings. The maximum absolute atomic E-state index is 10.9. The highest BCUT2D eigenvalue weighted by Crippen LogP contribution is 2.45. The number of aliphatic carboxylic acids is 1. The zero-order valence-electron chi connectivity index (χ0n) is 12.0. The van der Waals surface area contributed by atoms with Crippen molar-refractivity contribution in [1.82, 2.24) is 4.90 Å². The summed E-state index contributed by atoms with van der Waals surface area (Å²) in [4.78, 5) is 13.2. The second-order valence-corrected chi connectivity index (χ2v) is 7.28. The molecule has 0 radical (unpaired) electrons. The average molecular weight is 253 g/mol. The Labute approximate surface area is 111 Å². The second kappa shape index (κ2) is 4.84. The van der Waals surface area contributed by atoms with Gasteiger partial charge in [-0.2, -0.15) is 0 Å². The van der Waals surface area contributed by atoms with Gasteiger partial charge in [0.2, 0.25) is 0 Å². The first-order chi connectivity index (χ1) is 8.33. The first-order valence-electron chi connectivity index (χ1n) is 7.26. The summed E-state index contributed by atoms with van der Waals surface area (Å²) < 4.78 is 0. The van der Waals surface area contributed by atoms with Gasteiger partial charge in [-0.3, -0.25) is 9.69 Å². The van der Waals surface area contributed by atoms with E-state index in [0.29, 0.717) is 11.8 Å². The van der Waals surface area contributed by atoms with Crippen molar-refractivity contribution in [3.05, 3.63) is 0 Å². The van der Waals surface area contributed by atoms with Crippen LogP contribution in [0.25, 0.3) is 0 Å². The van der Waals surface area contributed by atoms with Gasteiger partial charge >= 0.3 is 5.97 Å². The molecule has 2 rings (SSSR count). The summed E-state index contributed by atoms with van der Waals surface area (Å²) in [7, 11) is 2.12. The molecular weight excluding hydrogens is 226 g/mol. The first kappa shape index (κ1) is 13.9. The van der Waals surface area contributed by atoms with Crippen molar-refractivity contribution in [1.29, 1.82) is 0 Å². The van der Waals surface area contributed by atoms with Crippen molar-refractivity contribution < 1.29 is 9.90 Å². The molecular formula is C15H27NO2. The van der Waals surface area contributed by atoms with Gasteiger partial charge < -0.3 is 5.11 Å². The lowest BCUT2D eigenvalue weighted by atomic mass is 9.73. The van der Waals surface area contributed by atoms with Crippen molar-refractivity contribution >= 4 is 5.97 Å². The van der Waals surface area contributed by atoms with E-state index in [1.807, 2.05) is 0 Å². The predicted molar refractivity (Wildman–Crippen MR) is 72.6 cm³/mol. The largest absolute Gasteiger partial charge is 0.481 e. The standard InChI is InChI=1S/C15H27NO2/c1-14(2)6-4-12(5-7-14)11-16(3)15(8-9-15)10-13(17)18/h12H,4-11H2,1-3H3,(H,17,18). The highest BCUT2D eigenvalue weighted by molar-refractivity contribution is 5.69. The van der Waals surface area contributed by atoms with Gasteiger partial charge in [-0.25, -0.2) is 0 Å². The lowest BCUT2D eigenvalue weighted by Crippen LogP contribution is -2.40. The van der Waals surface area contributed by atoms with Crippen molar-refractivity contribution in [2.45, 2.75) is 64.3 Å². The molecule has 0 aromatic carbocycles. The molecule has 0 unspecified atom stereocenters. The van der Waals surface area contributed by atoms with E-state index < -0.39 is 5.97 Å². The fraction of sp³-hybridized carbons (Fsp3) is 0.933. The summed E-state index contributed by atoms with van der Waals surface area (Å²) in [6, 6.07) is 0. The van der Waals surface area contributed by atoms with E-state index in [0.717, 1.165) is 25.3 Å². The summed E-state index contributed by atoms with van der Waals surface area (Å²) >= 11 is 0. The highest BCUT2D eigenvalue weighted by Gasteiger charge is 2.48. The molecule has 1 N–H and O–H groups in total. The Kier molecular flexibility index (Phi) is 3.72. The Morgan fingerprint density at radius 1 is 1.22 bits per heavy atom. The maximum Gasteiger partial charge on any atom is 0.305 e. The minimum atomic E-state index is -0.649. The fourth-order valence-electron chi connectivity index (χ4n) is 3.34.